The Morgan fingerprint density at radius 1 is 0.938 bits per heavy atom. The molecule has 0 radical (unpaired) electrons. The van der Waals surface area contributed by atoms with E-state index in [2.05, 4.69) is 13.2 Å². The molecule has 0 amide bonds. The van der Waals surface area contributed by atoms with Crippen LogP contribution in [0, 0.1) is 0 Å². The SMILES string of the molecule is C=C/C(=C\C=C(/C=C)OC(=O)c1ccc(OCCCOC(=O)CC)cc1)OC.C=O.CC. The van der Waals surface area contributed by atoms with Crippen LogP contribution in [0.5, 0.6) is 5.75 Å². The van der Waals surface area contributed by atoms with Gasteiger partial charge >= 0.3 is 11.9 Å². The van der Waals surface area contributed by atoms with Crippen molar-refractivity contribution in [2.45, 2.75) is 33.6 Å². The van der Waals surface area contributed by atoms with E-state index in [0.29, 0.717) is 43.1 Å². The third-order valence-corrected chi connectivity index (χ3v) is 3.46. The normalized spacial score (nSPS) is 10.2. The van der Waals surface area contributed by atoms with Gasteiger partial charge < -0.3 is 23.7 Å². The molecular formula is C25H34O7. The van der Waals surface area contributed by atoms with Crippen LogP contribution in [0.2, 0.25) is 0 Å². The Balaban J connectivity index is 0. The number of hydrogen-bond acceptors (Lipinski definition) is 7. The Hall–Kier alpha value is -3.61. The second-order valence-electron chi connectivity index (χ2n) is 5.44. The van der Waals surface area contributed by atoms with Crippen molar-refractivity contribution in [3.05, 3.63) is 78.8 Å². The first-order valence-electron chi connectivity index (χ1n) is 10.1. The predicted molar refractivity (Wildman–Crippen MR) is 125 cm³/mol. The summed E-state index contributed by atoms with van der Waals surface area (Å²) in [6.07, 6.45) is 7.09. The standard InChI is InChI=1S/C22H26O6.C2H6.CH2O/c1-5-18(25-4)13-14-19(6-2)28-22(24)17-9-11-20(12-10-17)26-15-8-16-27-21(23)7-3;2*1-2/h5-6,9-14H,1-2,7-8,15-16H2,3-4H3;1-2H3;1H2/b18-13+,19-14+;;. The molecule has 0 heterocycles. The number of rotatable bonds is 12. The van der Waals surface area contributed by atoms with Crippen molar-refractivity contribution in [1.29, 1.82) is 0 Å². The minimum Gasteiger partial charge on any atom is -0.497 e. The van der Waals surface area contributed by atoms with Crippen LogP contribution in [0.25, 0.3) is 0 Å². The maximum Gasteiger partial charge on any atom is 0.343 e. The lowest BCUT2D eigenvalue weighted by molar-refractivity contribution is -0.143. The van der Waals surface area contributed by atoms with E-state index < -0.39 is 5.97 Å². The van der Waals surface area contributed by atoms with Gasteiger partial charge in [0.15, 0.2) is 0 Å². The number of allylic oxidation sites excluding steroid dienone is 4. The number of esters is 2. The first-order valence-corrected chi connectivity index (χ1v) is 10.1. The number of benzene rings is 1. The van der Waals surface area contributed by atoms with Gasteiger partial charge in [0.05, 0.1) is 25.9 Å². The molecule has 7 heteroatoms. The fourth-order valence-corrected chi connectivity index (χ4v) is 1.92. The second-order valence-corrected chi connectivity index (χ2v) is 5.44. The molecule has 0 saturated heterocycles. The van der Waals surface area contributed by atoms with E-state index in [0.717, 1.165) is 0 Å². The highest BCUT2D eigenvalue weighted by Gasteiger charge is 2.09. The first-order chi connectivity index (χ1) is 15.5. The van der Waals surface area contributed by atoms with Crippen molar-refractivity contribution in [1.82, 2.24) is 0 Å². The molecular weight excluding hydrogens is 412 g/mol. The molecule has 0 aliphatic heterocycles. The first kappa shape index (κ1) is 30.6. The van der Waals surface area contributed by atoms with Gasteiger partial charge in [0, 0.05) is 12.8 Å². The fraction of sp³-hybridized carbons (Fsp3) is 0.320. The van der Waals surface area contributed by atoms with Gasteiger partial charge in [-0.05, 0) is 48.6 Å². The van der Waals surface area contributed by atoms with Crippen molar-refractivity contribution in [2.75, 3.05) is 20.3 Å². The van der Waals surface area contributed by atoms with E-state index in [-0.39, 0.29) is 11.7 Å². The largest absolute Gasteiger partial charge is 0.497 e. The second kappa shape index (κ2) is 20.7. The number of ether oxygens (including phenoxy) is 4. The monoisotopic (exact) mass is 446 g/mol. The Labute approximate surface area is 191 Å². The van der Waals surface area contributed by atoms with Crippen LogP contribution >= 0.6 is 0 Å². The van der Waals surface area contributed by atoms with Crippen LogP contribution < -0.4 is 4.74 Å². The zero-order chi connectivity index (χ0) is 24.8. The molecule has 0 aliphatic rings. The number of carbonyl (C=O) groups is 3. The maximum atomic E-state index is 12.2. The van der Waals surface area contributed by atoms with Gasteiger partial charge in [-0.25, -0.2) is 4.79 Å². The smallest absolute Gasteiger partial charge is 0.343 e. The summed E-state index contributed by atoms with van der Waals surface area (Å²) in [7, 11) is 1.52. The molecule has 1 aromatic rings. The lowest BCUT2D eigenvalue weighted by Gasteiger charge is -2.08. The molecule has 0 spiro atoms. The molecule has 1 rings (SSSR count). The Morgan fingerprint density at radius 3 is 2.00 bits per heavy atom. The number of hydrogen-bond donors (Lipinski definition) is 0. The van der Waals surface area contributed by atoms with Gasteiger partial charge in [0.1, 0.15) is 24.1 Å². The Bertz CT molecular complexity index is 746. The van der Waals surface area contributed by atoms with E-state index in [9.17, 15) is 9.59 Å². The quantitative estimate of drug-likeness (QED) is 0.189. The molecule has 0 fully saturated rings. The number of carbonyl (C=O) groups excluding carboxylic acids is 3. The van der Waals surface area contributed by atoms with Crippen molar-refractivity contribution in [3.8, 4) is 5.75 Å². The molecule has 0 aliphatic carbocycles. The van der Waals surface area contributed by atoms with Gasteiger partial charge in [-0.1, -0.05) is 33.9 Å². The summed E-state index contributed by atoms with van der Waals surface area (Å²) < 4.78 is 20.9. The molecule has 0 unspecified atom stereocenters. The van der Waals surface area contributed by atoms with Gasteiger partial charge in [-0.2, -0.15) is 0 Å². The molecule has 0 atom stereocenters. The van der Waals surface area contributed by atoms with Crippen molar-refractivity contribution >= 4 is 18.7 Å². The molecule has 0 bridgehead atoms. The average molecular weight is 447 g/mol. The highest BCUT2D eigenvalue weighted by Crippen LogP contribution is 2.15. The van der Waals surface area contributed by atoms with Crippen LogP contribution in [0.1, 0.15) is 44.0 Å². The van der Waals surface area contributed by atoms with Gasteiger partial charge in [-0.3, -0.25) is 4.79 Å². The summed E-state index contributed by atoms with van der Waals surface area (Å²) in [5.41, 5.74) is 0.372. The van der Waals surface area contributed by atoms with Crippen LogP contribution in [0.15, 0.2) is 73.2 Å². The van der Waals surface area contributed by atoms with Crippen molar-refractivity contribution in [2.24, 2.45) is 0 Å². The molecule has 32 heavy (non-hydrogen) atoms. The minimum absolute atomic E-state index is 0.228. The van der Waals surface area contributed by atoms with Crippen LogP contribution in [-0.2, 0) is 23.8 Å². The topological polar surface area (TPSA) is 88.1 Å². The van der Waals surface area contributed by atoms with E-state index >= 15 is 0 Å². The van der Waals surface area contributed by atoms with E-state index in [1.165, 1.54) is 19.3 Å². The minimum atomic E-state index is -0.518. The lowest BCUT2D eigenvalue weighted by Crippen LogP contribution is -2.08. The van der Waals surface area contributed by atoms with Gasteiger partial charge in [-0.15, -0.1) is 0 Å². The van der Waals surface area contributed by atoms with Crippen LogP contribution in [0.3, 0.4) is 0 Å². The summed E-state index contributed by atoms with van der Waals surface area (Å²) in [5, 5.41) is 0. The summed E-state index contributed by atoms with van der Waals surface area (Å²) in [6, 6.07) is 6.56. The summed E-state index contributed by atoms with van der Waals surface area (Å²) in [5.74, 6) is 0.672. The van der Waals surface area contributed by atoms with Crippen LogP contribution in [0.4, 0.5) is 0 Å². The van der Waals surface area contributed by atoms with Crippen molar-refractivity contribution in [3.63, 3.8) is 0 Å². The number of methoxy groups -OCH3 is 1. The molecule has 0 saturated carbocycles. The fourth-order valence-electron chi connectivity index (χ4n) is 1.92. The molecule has 0 N–H and O–H groups in total. The summed E-state index contributed by atoms with van der Waals surface area (Å²) >= 11 is 0. The Morgan fingerprint density at radius 2 is 1.50 bits per heavy atom. The molecule has 176 valence electrons. The molecule has 1 aromatic carbocycles. The Kier molecular flexibility index (Phi) is 19.7. The third-order valence-electron chi connectivity index (χ3n) is 3.46. The molecule has 7 nitrogen and oxygen atoms in total. The molecule has 0 aromatic heterocycles. The zero-order valence-electron chi connectivity index (χ0n) is 19.4. The predicted octanol–water partition coefficient (Wildman–Crippen LogP) is 5.19. The third kappa shape index (κ3) is 13.6. The lowest BCUT2D eigenvalue weighted by atomic mass is 10.2. The highest BCUT2D eigenvalue weighted by atomic mass is 16.5. The van der Waals surface area contributed by atoms with Gasteiger partial charge in [0.25, 0.3) is 0 Å². The summed E-state index contributed by atoms with van der Waals surface area (Å²) in [6.45, 7) is 15.7. The van der Waals surface area contributed by atoms with Crippen molar-refractivity contribution < 1.29 is 33.3 Å². The van der Waals surface area contributed by atoms with Gasteiger partial charge in [0.2, 0.25) is 0 Å². The zero-order valence-corrected chi connectivity index (χ0v) is 19.4. The highest BCUT2D eigenvalue weighted by molar-refractivity contribution is 5.90. The van der Waals surface area contributed by atoms with E-state index in [1.807, 2.05) is 20.6 Å². The van der Waals surface area contributed by atoms with E-state index in [1.54, 1.807) is 43.3 Å². The maximum absolute atomic E-state index is 12.2. The van der Waals surface area contributed by atoms with Crippen LogP contribution in [-0.4, -0.2) is 39.1 Å². The van der Waals surface area contributed by atoms with E-state index in [4.69, 9.17) is 23.7 Å². The summed E-state index contributed by atoms with van der Waals surface area (Å²) in [4.78, 5) is 31.2. The average Bonchev–Trinajstić information content (AvgIpc) is 2.86.